The van der Waals surface area contributed by atoms with E-state index in [1.807, 2.05) is 45.0 Å². The van der Waals surface area contributed by atoms with Crippen molar-refractivity contribution in [3.8, 4) is 0 Å². The molecule has 2 rings (SSSR count). The second-order valence-electron chi connectivity index (χ2n) is 6.43. The quantitative estimate of drug-likeness (QED) is 0.485. The standard InChI is InChI=1S/C18H24N4O3S2/c1-11(2)9-14(16(24)25-4)20-15(23)10-26-18-22-21-17(27-18)19-13-7-5-12(3)6-8-13/h5-8,11,14H,9-10H2,1-4H3,(H,19,21)(H,20,23)/t14-/m1/s1. The van der Waals surface area contributed by atoms with Gasteiger partial charge in [-0.2, -0.15) is 0 Å². The highest BCUT2D eigenvalue weighted by atomic mass is 32.2. The van der Waals surface area contributed by atoms with E-state index in [9.17, 15) is 9.59 Å². The van der Waals surface area contributed by atoms with E-state index in [-0.39, 0.29) is 17.6 Å². The maximum atomic E-state index is 12.2. The zero-order valence-corrected chi connectivity index (χ0v) is 17.4. The summed E-state index contributed by atoms with van der Waals surface area (Å²) in [4.78, 5) is 23.9. The molecule has 1 atom stereocenters. The van der Waals surface area contributed by atoms with E-state index in [1.165, 1.54) is 35.8 Å². The second-order valence-corrected chi connectivity index (χ2v) is 8.63. The Labute approximate surface area is 167 Å². The van der Waals surface area contributed by atoms with Crippen molar-refractivity contribution in [2.45, 2.75) is 37.6 Å². The third-order valence-electron chi connectivity index (χ3n) is 3.56. The van der Waals surface area contributed by atoms with Crippen LogP contribution in [0, 0.1) is 12.8 Å². The number of esters is 1. The maximum absolute atomic E-state index is 12.2. The van der Waals surface area contributed by atoms with E-state index in [1.54, 1.807) is 0 Å². The van der Waals surface area contributed by atoms with Crippen LogP contribution in [-0.4, -0.2) is 41.0 Å². The fourth-order valence-electron chi connectivity index (χ4n) is 2.27. The Kier molecular flexibility index (Phi) is 8.05. The number of benzene rings is 1. The summed E-state index contributed by atoms with van der Waals surface area (Å²) in [6, 6.07) is 7.34. The van der Waals surface area contributed by atoms with Crippen molar-refractivity contribution in [3.63, 3.8) is 0 Å². The van der Waals surface area contributed by atoms with Crippen LogP contribution in [0.4, 0.5) is 10.8 Å². The molecule has 1 aromatic heterocycles. The summed E-state index contributed by atoms with van der Waals surface area (Å²) < 4.78 is 5.43. The number of carbonyl (C=O) groups excluding carboxylic acids is 2. The molecule has 0 saturated carbocycles. The summed E-state index contributed by atoms with van der Waals surface area (Å²) in [6.45, 7) is 6.00. The second kappa shape index (κ2) is 10.3. The fraction of sp³-hybridized carbons (Fsp3) is 0.444. The van der Waals surface area contributed by atoms with Gasteiger partial charge in [0, 0.05) is 5.69 Å². The third-order valence-corrected chi connectivity index (χ3v) is 5.54. The lowest BCUT2D eigenvalue weighted by molar-refractivity contribution is -0.145. The number of thioether (sulfide) groups is 1. The van der Waals surface area contributed by atoms with Gasteiger partial charge in [-0.05, 0) is 31.4 Å². The number of amides is 1. The Bertz CT molecular complexity index is 762. The zero-order chi connectivity index (χ0) is 19.8. The van der Waals surface area contributed by atoms with Gasteiger partial charge in [0.1, 0.15) is 6.04 Å². The average molecular weight is 409 g/mol. The highest BCUT2D eigenvalue weighted by Crippen LogP contribution is 2.27. The van der Waals surface area contributed by atoms with Crippen LogP contribution in [0.5, 0.6) is 0 Å². The van der Waals surface area contributed by atoms with E-state index < -0.39 is 12.0 Å². The number of rotatable bonds is 9. The molecule has 146 valence electrons. The van der Waals surface area contributed by atoms with Crippen LogP contribution in [0.25, 0.3) is 0 Å². The van der Waals surface area contributed by atoms with Gasteiger partial charge in [0.15, 0.2) is 4.34 Å². The first-order valence-corrected chi connectivity index (χ1v) is 10.3. The van der Waals surface area contributed by atoms with Gasteiger partial charge in [-0.1, -0.05) is 54.6 Å². The summed E-state index contributed by atoms with van der Waals surface area (Å²) >= 11 is 2.66. The third kappa shape index (κ3) is 7.18. The van der Waals surface area contributed by atoms with E-state index in [0.29, 0.717) is 15.9 Å². The lowest BCUT2D eigenvalue weighted by Crippen LogP contribution is -2.43. The number of nitrogens with one attached hydrogen (secondary N) is 2. The highest BCUT2D eigenvalue weighted by molar-refractivity contribution is 8.01. The predicted molar refractivity (Wildman–Crippen MR) is 108 cm³/mol. The zero-order valence-electron chi connectivity index (χ0n) is 15.8. The van der Waals surface area contributed by atoms with Crippen molar-refractivity contribution in [1.29, 1.82) is 0 Å². The van der Waals surface area contributed by atoms with Crippen molar-refractivity contribution < 1.29 is 14.3 Å². The van der Waals surface area contributed by atoms with Crippen molar-refractivity contribution in [3.05, 3.63) is 29.8 Å². The van der Waals surface area contributed by atoms with Crippen LogP contribution < -0.4 is 10.6 Å². The number of ether oxygens (including phenoxy) is 1. The number of nitrogens with zero attached hydrogens (tertiary/aromatic N) is 2. The Morgan fingerprint density at radius 2 is 1.93 bits per heavy atom. The maximum Gasteiger partial charge on any atom is 0.328 e. The molecule has 0 fully saturated rings. The minimum Gasteiger partial charge on any atom is -0.467 e. The first-order chi connectivity index (χ1) is 12.9. The molecule has 0 aliphatic rings. The lowest BCUT2D eigenvalue weighted by Gasteiger charge is -2.17. The Morgan fingerprint density at radius 3 is 2.56 bits per heavy atom. The number of aryl methyl sites for hydroxylation is 1. The van der Waals surface area contributed by atoms with Crippen LogP contribution in [0.1, 0.15) is 25.8 Å². The molecule has 0 spiro atoms. The Balaban J connectivity index is 1.85. The highest BCUT2D eigenvalue weighted by Gasteiger charge is 2.22. The summed E-state index contributed by atoms with van der Waals surface area (Å²) in [5.74, 6) is -0.243. The lowest BCUT2D eigenvalue weighted by atomic mass is 10.0. The first kappa shape index (κ1) is 21.2. The minimum atomic E-state index is -0.628. The first-order valence-electron chi connectivity index (χ1n) is 8.54. The molecule has 1 heterocycles. The minimum absolute atomic E-state index is 0.157. The Morgan fingerprint density at radius 1 is 1.22 bits per heavy atom. The van der Waals surface area contributed by atoms with E-state index in [4.69, 9.17) is 4.74 Å². The summed E-state index contributed by atoms with van der Waals surface area (Å²) in [5.41, 5.74) is 2.11. The number of anilines is 2. The molecule has 7 nitrogen and oxygen atoms in total. The number of aromatic nitrogens is 2. The molecule has 0 aliphatic heterocycles. The molecular formula is C18H24N4O3S2. The van der Waals surface area contributed by atoms with Crippen molar-refractivity contribution in [2.75, 3.05) is 18.2 Å². The van der Waals surface area contributed by atoms with Gasteiger partial charge < -0.3 is 15.4 Å². The molecule has 27 heavy (non-hydrogen) atoms. The van der Waals surface area contributed by atoms with Gasteiger partial charge in [-0.3, -0.25) is 4.79 Å². The van der Waals surface area contributed by atoms with Gasteiger partial charge in [-0.25, -0.2) is 4.79 Å². The molecule has 2 N–H and O–H groups in total. The normalized spacial score (nSPS) is 11.9. The molecule has 0 saturated heterocycles. The van der Waals surface area contributed by atoms with Crippen LogP contribution in [0.2, 0.25) is 0 Å². The molecule has 0 aliphatic carbocycles. The smallest absolute Gasteiger partial charge is 0.328 e. The summed E-state index contributed by atoms with van der Waals surface area (Å²) in [7, 11) is 1.32. The van der Waals surface area contributed by atoms with Gasteiger partial charge in [0.2, 0.25) is 11.0 Å². The van der Waals surface area contributed by atoms with E-state index >= 15 is 0 Å². The van der Waals surface area contributed by atoms with Gasteiger partial charge >= 0.3 is 5.97 Å². The number of carbonyl (C=O) groups is 2. The largest absolute Gasteiger partial charge is 0.467 e. The van der Waals surface area contributed by atoms with Gasteiger partial charge in [0.25, 0.3) is 0 Å². The Hall–Kier alpha value is -2.13. The molecule has 2 aromatic rings. The van der Waals surface area contributed by atoms with Crippen LogP contribution >= 0.6 is 23.1 Å². The van der Waals surface area contributed by atoms with Gasteiger partial charge in [0.05, 0.1) is 12.9 Å². The summed E-state index contributed by atoms with van der Waals surface area (Å²) in [6.07, 6.45) is 0.534. The molecular weight excluding hydrogens is 384 g/mol. The van der Waals surface area contributed by atoms with E-state index in [2.05, 4.69) is 20.8 Å². The molecule has 9 heteroatoms. The van der Waals surface area contributed by atoms with E-state index in [0.717, 1.165) is 5.69 Å². The molecule has 0 unspecified atom stereocenters. The fourth-order valence-corrected chi connectivity index (χ4v) is 3.85. The van der Waals surface area contributed by atoms with Crippen molar-refractivity contribution in [2.24, 2.45) is 5.92 Å². The monoisotopic (exact) mass is 408 g/mol. The molecule has 0 radical (unpaired) electrons. The SMILES string of the molecule is COC(=O)[C@@H](CC(C)C)NC(=O)CSc1nnc(Nc2ccc(C)cc2)s1. The number of hydrogen-bond acceptors (Lipinski definition) is 8. The van der Waals surface area contributed by atoms with Crippen molar-refractivity contribution in [1.82, 2.24) is 15.5 Å². The topological polar surface area (TPSA) is 93.2 Å². The van der Waals surface area contributed by atoms with Crippen molar-refractivity contribution >= 4 is 45.8 Å². The molecule has 1 amide bonds. The predicted octanol–water partition coefficient (Wildman–Crippen LogP) is 3.39. The molecule has 1 aromatic carbocycles. The van der Waals surface area contributed by atoms with Crippen LogP contribution in [-0.2, 0) is 14.3 Å². The summed E-state index contributed by atoms with van der Waals surface area (Å²) in [5, 5.41) is 14.7. The number of methoxy groups -OCH3 is 1. The number of hydrogen-bond donors (Lipinski definition) is 2. The van der Waals surface area contributed by atoms with Gasteiger partial charge in [-0.15, -0.1) is 10.2 Å². The van der Waals surface area contributed by atoms with Crippen LogP contribution in [0.15, 0.2) is 28.6 Å². The van der Waals surface area contributed by atoms with Crippen LogP contribution in [0.3, 0.4) is 0 Å². The molecule has 0 bridgehead atoms. The average Bonchev–Trinajstić information content (AvgIpc) is 3.07.